The Hall–Kier alpha value is -4.16. The largest absolute Gasteiger partial charge is 0.0804 e. The fourth-order valence-electron chi connectivity index (χ4n) is 9.45. The van der Waals surface area contributed by atoms with Crippen LogP contribution in [0, 0.1) is 0 Å². The molecule has 0 saturated heterocycles. The van der Waals surface area contributed by atoms with Crippen LogP contribution >= 0.6 is 0 Å². The van der Waals surface area contributed by atoms with Crippen molar-refractivity contribution < 1.29 is 0 Å². The van der Waals surface area contributed by atoms with E-state index in [9.17, 15) is 0 Å². The first-order chi connectivity index (χ1) is 20.8. The molecule has 4 aromatic rings. The SMILES string of the molecule is C1=CCC(C2(c3cccc4c3Cc3ccccc3-4)CCC(C3=CC=CC3)(c3cccc4c3Cc3ccccc3-4)CC2)=C1. The van der Waals surface area contributed by atoms with Crippen molar-refractivity contribution in [3.05, 3.63) is 166 Å². The zero-order chi connectivity index (χ0) is 27.7. The predicted octanol–water partition coefficient (Wildman–Crippen LogP) is 10.4. The van der Waals surface area contributed by atoms with Crippen LogP contribution in [0.5, 0.6) is 0 Å². The summed E-state index contributed by atoms with van der Waals surface area (Å²) in [5, 5.41) is 0. The maximum atomic E-state index is 2.49. The van der Waals surface area contributed by atoms with Crippen LogP contribution in [0.25, 0.3) is 22.3 Å². The summed E-state index contributed by atoms with van der Waals surface area (Å²) >= 11 is 0. The third-order valence-corrected chi connectivity index (χ3v) is 11.5. The molecule has 0 spiro atoms. The normalized spacial score (nSPS) is 24.7. The Morgan fingerprint density at radius 2 is 0.857 bits per heavy atom. The maximum Gasteiger partial charge on any atom is 0.0172 e. The number of benzene rings is 4. The number of rotatable bonds is 4. The molecule has 204 valence electrons. The molecule has 0 unspecified atom stereocenters. The van der Waals surface area contributed by atoms with Gasteiger partial charge in [-0.3, -0.25) is 0 Å². The molecule has 4 aromatic carbocycles. The molecule has 0 aromatic heterocycles. The number of fused-ring (bicyclic) bond motifs is 6. The van der Waals surface area contributed by atoms with Gasteiger partial charge in [0.15, 0.2) is 0 Å². The molecule has 0 amide bonds. The smallest absolute Gasteiger partial charge is 0.0172 e. The number of hydrogen-bond donors (Lipinski definition) is 0. The second kappa shape index (κ2) is 9.17. The van der Waals surface area contributed by atoms with Crippen LogP contribution < -0.4 is 0 Å². The van der Waals surface area contributed by atoms with E-state index in [2.05, 4.69) is 121 Å². The van der Waals surface area contributed by atoms with Crippen LogP contribution in [0.2, 0.25) is 0 Å². The molecule has 0 heteroatoms. The topological polar surface area (TPSA) is 0 Å². The first kappa shape index (κ1) is 24.4. The van der Waals surface area contributed by atoms with Gasteiger partial charge in [-0.1, -0.05) is 133 Å². The first-order valence-electron chi connectivity index (χ1n) is 15.9. The zero-order valence-electron chi connectivity index (χ0n) is 24.2. The summed E-state index contributed by atoms with van der Waals surface area (Å²) in [7, 11) is 0. The Morgan fingerprint density at radius 3 is 1.29 bits per heavy atom. The van der Waals surface area contributed by atoms with Crippen molar-refractivity contribution in [2.45, 2.75) is 62.2 Å². The molecule has 42 heavy (non-hydrogen) atoms. The maximum absolute atomic E-state index is 2.49. The van der Waals surface area contributed by atoms with Crippen molar-refractivity contribution in [3.8, 4) is 22.3 Å². The third-order valence-electron chi connectivity index (χ3n) is 11.5. The molecular formula is C42H36. The minimum absolute atomic E-state index is 0.0912. The Balaban J connectivity index is 1.17. The molecule has 1 saturated carbocycles. The van der Waals surface area contributed by atoms with Crippen molar-refractivity contribution in [1.29, 1.82) is 0 Å². The molecule has 5 aliphatic carbocycles. The highest BCUT2D eigenvalue weighted by atomic mass is 14.5. The van der Waals surface area contributed by atoms with E-state index in [1.54, 1.807) is 33.4 Å². The molecule has 0 atom stereocenters. The fourth-order valence-corrected chi connectivity index (χ4v) is 9.45. The van der Waals surface area contributed by atoms with Crippen molar-refractivity contribution in [2.24, 2.45) is 0 Å². The van der Waals surface area contributed by atoms with Gasteiger partial charge in [0.2, 0.25) is 0 Å². The molecular weight excluding hydrogens is 504 g/mol. The summed E-state index contributed by atoms with van der Waals surface area (Å²) < 4.78 is 0. The van der Waals surface area contributed by atoms with E-state index in [0.29, 0.717) is 0 Å². The molecule has 1 fully saturated rings. The molecule has 0 radical (unpaired) electrons. The van der Waals surface area contributed by atoms with Crippen molar-refractivity contribution in [3.63, 3.8) is 0 Å². The van der Waals surface area contributed by atoms with E-state index in [1.165, 1.54) is 59.1 Å². The van der Waals surface area contributed by atoms with Gasteiger partial charge in [0.25, 0.3) is 0 Å². The van der Waals surface area contributed by atoms with Gasteiger partial charge >= 0.3 is 0 Å². The third kappa shape index (κ3) is 3.36. The Morgan fingerprint density at radius 1 is 0.429 bits per heavy atom. The standard InChI is InChI=1S/C42H36/c1-7-17-33-29(11-1)27-37-35(33)19-9-21-39(37)41(31-13-3-4-14-31)23-25-42(26-24-41,32-15-5-6-16-32)40-22-10-20-36-34-18-8-2-12-30(34)28-38(36)40/h1-13,15,17-22H,14,16,23-28H2. The van der Waals surface area contributed by atoms with Gasteiger partial charge in [0.1, 0.15) is 0 Å². The van der Waals surface area contributed by atoms with Crippen molar-refractivity contribution >= 4 is 0 Å². The molecule has 0 heterocycles. The summed E-state index contributed by atoms with van der Waals surface area (Å²) in [6.45, 7) is 0. The highest BCUT2D eigenvalue weighted by Gasteiger charge is 2.50. The van der Waals surface area contributed by atoms with Gasteiger partial charge in [-0.2, -0.15) is 0 Å². The lowest BCUT2D eigenvalue weighted by atomic mass is 9.53. The molecule has 5 aliphatic rings. The van der Waals surface area contributed by atoms with Crippen LogP contribution in [0.3, 0.4) is 0 Å². The minimum Gasteiger partial charge on any atom is -0.0804 e. The van der Waals surface area contributed by atoms with Gasteiger partial charge in [0, 0.05) is 10.8 Å². The average Bonchev–Trinajstić information content (AvgIpc) is 3.87. The summed E-state index contributed by atoms with van der Waals surface area (Å²) in [6, 6.07) is 32.5. The summed E-state index contributed by atoms with van der Waals surface area (Å²) in [4.78, 5) is 0. The fraction of sp³-hybridized carbons (Fsp3) is 0.238. The highest BCUT2D eigenvalue weighted by Crippen LogP contribution is 2.59. The lowest BCUT2D eigenvalue weighted by Crippen LogP contribution is -2.42. The summed E-state index contributed by atoms with van der Waals surface area (Å²) in [5.41, 5.74) is 18.6. The van der Waals surface area contributed by atoms with Crippen LogP contribution in [0.4, 0.5) is 0 Å². The quantitative estimate of drug-likeness (QED) is 0.209. The van der Waals surface area contributed by atoms with Gasteiger partial charge in [0.05, 0.1) is 0 Å². The summed E-state index contributed by atoms with van der Waals surface area (Å²) in [6.07, 6.45) is 23.4. The summed E-state index contributed by atoms with van der Waals surface area (Å²) in [5.74, 6) is 0. The van der Waals surface area contributed by atoms with E-state index in [4.69, 9.17) is 0 Å². The van der Waals surface area contributed by atoms with E-state index < -0.39 is 0 Å². The van der Waals surface area contributed by atoms with E-state index >= 15 is 0 Å². The van der Waals surface area contributed by atoms with E-state index in [1.807, 2.05) is 0 Å². The van der Waals surface area contributed by atoms with Crippen LogP contribution in [-0.4, -0.2) is 0 Å². The zero-order valence-corrected chi connectivity index (χ0v) is 24.2. The lowest BCUT2D eigenvalue weighted by Gasteiger charge is -2.50. The van der Waals surface area contributed by atoms with Gasteiger partial charge in [-0.05, 0) is 107 Å². The lowest BCUT2D eigenvalue weighted by molar-refractivity contribution is 0.245. The average molecular weight is 541 g/mol. The Labute approximate surface area is 249 Å². The second-order valence-corrected chi connectivity index (χ2v) is 13.1. The molecule has 0 nitrogen and oxygen atoms in total. The van der Waals surface area contributed by atoms with Gasteiger partial charge < -0.3 is 0 Å². The van der Waals surface area contributed by atoms with Crippen molar-refractivity contribution in [2.75, 3.05) is 0 Å². The second-order valence-electron chi connectivity index (χ2n) is 13.1. The van der Waals surface area contributed by atoms with Gasteiger partial charge in [-0.15, -0.1) is 0 Å². The van der Waals surface area contributed by atoms with Crippen LogP contribution in [0.1, 0.15) is 71.9 Å². The number of allylic oxidation sites excluding steroid dienone is 8. The van der Waals surface area contributed by atoms with E-state index in [-0.39, 0.29) is 10.8 Å². The van der Waals surface area contributed by atoms with Crippen molar-refractivity contribution in [1.82, 2.24) is 0 Å². The molecule has 0 N–H and O–H groups in total. The number of hydrogen-bond acceptors (Lipinski definition) is 0. The minimum atomic E-state index is 0.0912. The Bertz CT molecular complexity index is 1740. The first-order valence-corrected chi connectivity index (χ1v) is 15.9. The van der Waals surface area contributed by atoms with Gasteiger partial charge in [-0.25, -0.2) is 0 Å². The molecule has 0 aliphatic heterocycles. The van der Waals surface area contributed by atoms with Crippen LogP contribution in [0.15, 0.2) is 133 Å². The highest BCUT2D eigenvalue weighted by molar-refractivity contribution is 5.80. The van der Waals surface area contributed by atoms with Crippen LogP contribution in [-0.2, 0) is 23.7 Å². The molecule has 0 bridgehead atoms. The van der Waals surface area contributed by atoms with E-state index in [0.717, 1.165) is 25.7 Å². The molecule has 9 rings (SSSR count). The monoisotopic (exact) mass is 540 g/mol. The predicted molar refractivity (Wildman–Crippen MR) is 175 cm³/mol. The Kier molecular flexibility index (Phi) is 5.34.